The van der Waals surface area contributed by atoms with E-state index in [0.717, 1.165) is 25.2 Å². The molecule has 0 amide bonds. The zero-order valence-electron chi connectivity index (χ0n) is 12.9. The van der Waals surface area contributed by atoms with Crippen LogP contribution in [0.5, 0.6) is 0 Å². The number of piperazine rings is 1. The van der Waals surface area contributed by atoms with Gasteiger partial charge in [0.1, 0.15) is 0 Å². The standard InChI is InChI=1S/C16H17ClN4O2.ClH/c17-14-4-3-13(15(8-14)21(22)23)11-20-7-6-19-10-16(20)12-2-1-5-18-9-12;/h1-5,8-9,16,19H,6-7,10-11H2;1H. The van der Waals surface area contributed by atoms with Crippen molar-refractivity contribution in [3.63, 3.8) is 0 Å². The van der Waals surface area contributed by atoms with E-state index in [4.69, 9.17) is 11.6 Å². The zero-order chi connectivity index (χ0) is 16.2. The molecule has 2 heterocycles. The summed E-state index contributed by atoms with van der Waals surface area (Å²) in [4.78, 5) is 17.3. The van der Waals surface area contributed by atoms with Gasteiger partial charge < -0.3 is 5.32 Å². The van der Waals surface area contributed by atoms with Crippen molar-refractivity contribution in [1.29, 1.82) is 0 Å². The van der Waals surface area contributed by atoms with Gasteiger partial charge in [0.05, 0.1) is 4.92 Å². The molecule has 1 N–H and O–H groups in total. The molecule has 24 heavy (non-hydrogen) atoms. The summed E-state index contributed by atoms with van der Waals surface area (Å²) in [5, 5.41) is 15.0. The molecule has 6 nitrogen and oxygen atoms in total. The maximum atomic E-state index is 11.3. The van der Waals surface area contributed by atoms with Crippen molar-refractivity contribution in [1.82, 2.24) is 15.2 Å². The third kappa shape index (κ3) is 4.21. The number of halogens is 2. The monoisotopic (exact) mass is 368 g/mol. The number of nitro benzene ring substituents is 1. The molecule has 1 aliphatic heterocycles. The maximum Gasteiger partial charge on any atom is 0.275 e. The Morgan fingerprint density at radius 3 is 2.96 bits per heavy atom. The van der Waals surface area contributed by atoms with Gasteiger partial charge in [0.25, 0.3) is 5.69 Å². The Morgan fingerprint density at radius 2 is 2.25 bits per heavy atom. The average molecular weight is 369 g/mol. The van der Waals surface area contributed by atoms with Crippen molar-refractivity contribution >= 4 is 29.7 Å². The summed E-state index contributed by atoms with van der Waals surface area (Å²) in [6.07, 6.45) is 3.59. The summed E-state index contributed by atoms with van der Waals surface area (Å²) in [6.45, 7) is 2.99. The molecule has 1 aromatic heterocycles. The third-order valence-electron chi connectivity index (χ3n) is 4.04. The number of pyridine rings is 1. The van der Waals surface area contributed by atoms with E-state index in [1.54, 1.807) is 18.3 Å². The molecule has 3 rings (SSSR count). The van der Waals surface area contributed by atoms with Crippen LogP contribution in [0.4, 0.5) is 5.69 Å². The first-order valence-electron chi connectivity index (χ1n) is 7.42. The molecule has 1 saturated heterocycles. The molecular formula is C16H18Cl2N4O2. The highest BCUT2D eigenvalue weighted by Gasteiger charge is 2.26. The van der Waals surface area contributed by atoms with Crippen LogP contribution in [0.25, 0.3) is 0 Å². The van der Waals surface area contributed by atoms with Crippen LogP contribution < -0.4 is 5.32 Å². The Hall–Kier alpha value is -1.73. The minimum absolute atomic E-state index is 0. The Kier molecular flexibility index (Phi) is 6.51. The molecule has 1 atom stereocenters. The number of benzene rings is 1. The van der Waals surface area contributed by atoms with E-state index in [0.29, 0.717) is 17.1 Å². The molecular weight excluding hydrogens is 351 g/mol. The molecule has 0 aliphatic carbocycles. The van der Waals surface area contributed by atoms with Gasteiger partial charge in [0.15, 0.2) is 0 Å². The molecule has 0 radical (unpaired) electrons. The van der Waals surface area contributed by atoms with Gasteiger partial charge in [-0.15, -0.1) is 12.4 Å². The van der Waals surface area contributed by atoms with Gasteiger partial charge in [-0.1, -0.05) is 17.7 Å². The minimum Gasteiger partial charge on any atom is -0.314 e. The number of nitro groups is 1. The summed E-state index contributed by atoms with van der Waals surface area (Å²) in [6, 6.07) is 8.94. The molecule has 1 aliphatic rings. The molecule has 1 unspecified atom stereocenters. The van der Waals surface area contributed by atoms with Gasteiger partial charge in [0.2, 0.25) is 0 Å². The second-order valence-electron chi connectivity index (χ2n) is 5.51. The Morgan fingerprint density at radius 1 is 1.42 bits per heavy atom. The van der Waals surface area contributed by atoms with E-state index < -0.39 is 0 Å². The van der Waals surface area contributed by atoms with Crippen molar-refractivity contribution in [2.24, 2.45) is 0 Å². The first kappa shape index (κ1) is 18.6. The fourth-order valence-corrected chi connectivity index (χ4v) is 3.06. The fraction of sp³-hybridized carbons (Fsp3) is 0.312. The van der Waals surface area contributed by atoms with Gasteiger partial charge in [-0.05, 0) is 23.8 Å². The first-order chi connectivity index (χ1) is 11.1. The average Bonchev–Trinajstić information content (AvgIpc) is 2.57. The molecule has 2 aromatic rings. The van der Waals surface area contributed by atoms with Gasteiger partial charge in [-0.2, -0.15) is 0 Å². The van der Waals surface area contributed by atoms with Crippen LogP contribution in [0.3, 0.4) is 0 Å². The van der Waals surface area contributed by atoms with E-state index in [9.17, 15) is 10.1 Å². The first-order valence-corrected chi connectivity index (χ1v) is 7.80. The van der Waals surface area contributed by atoms with Crippen LogP contribution in [0.2, 0.25) is 5.02 Å². The van der Waals surface area contributed by atoms with Gasteiger partial charge >= 0.3 is 0 Å². The Balaban J connectivity index is 0.00000208. The lowest BCUT2D eigenvalue weighted by molar-refractivity contribution is -0.385. The SMILES string of the molecule is Cl.O=[N+]([O-])c1cc(Cl)ccc1CN1CCNCC1c1cccnc1. The second-order valence-corrected chi connectivity index (χ2v) is 5.94. The normalized spacial score (nSPS) is 18.0. The summed E-state index contributed by atoms with van der Waals surface area (Å²) in [5.74, 6) is 0. The van der Waals surface area contributed by atoms with Crippen LogP contribution in [0.1, 0.15) is 17.2 Å². The molecule has 128 valence electrons. The summed E-state index contributed by atoms with van der Waals surface area (Å²) < 4.78 is 0. The van der Waals surface area contributed by atoms with E-state index >= 15 is 0 Å². The molecule has 1 aromatic carbocycles. The fourth-order valence-electron chi connectivity index (χ4n) is 2.90. The van der Waals surface area contributed by atoms with Gasteiger partial charge in [0, 0.05) is 61.3 Å². The highest BCUT2D eigenvalue weighted by molar-refractivity contribution is 6.30. The quantitative estimate of drug-likeness (QED) is 0.662. The van der Waals surface area contributed by atoms with Crippen LogP contribution in [-0.2, 0) is 6.54 Å². The van der Waals surface area contributed by atoms with Crippen molar-refractivity contribution in [3.8, 4) is 0 Å². The van der Waals surface area contributed by atoms with E-state index in [1.165, 1.54) is 6.07 Å². The topological polar surface area (TPSA) is 71.3 Å². The van der Waals surface area contributed by atoms with Crippen molar-refractivity contribution in [3.05, 3.63) is 69.0 Å². The van der Waals surface area contributed by atoms with Gasteiger partial charge in [-0.25, -0.2) is 0 Å². The lowest BCUT2D eigenvalue weighted by Gasteiger charge is -2.36. The number of rotatable bonds is 4. The minimum atomic E-state index is -0.373. The summed E-state index contributed by atoms with van der Waals surface area (Å²) in [7, 11) is 0. The number of aromatic nitrogens is 1. The van der Waals surface area contributed by atoms with E-state index in [-0.39, 0.29) is 29.1 Å². The van der Waals surface area contributed by atoms with Crippen LogP contribution in [0, 0.1) is 10.1 Å². The van der Waals surface area contributed by atoms with Crippen molar-refractivity contribution in [2.45, 2.75) is 12.6 Å². The number of nitrogens with one attached hydrogen (secondary N) is 1. The van der Waals surface area contributed by atoms with Gasteiger partial charge in [-0.3, -0.25) is 20.0 Å². The highest BCUT2D eigenvalue weighted by atomic mass is 35.5. The van der Waals surface area contributed by atoms with Crippen molar-refractivity contribution in [2.75, 3.05) is 19.6 Å². The number of hydrogen-bond acceptors (Lipinski definition) is 5. The molecule has 0 saturated carbocycles. The number of nitrogens with zero attached hydrogens (tertiary/aromatic N) is 3. The maximum absolute atomic E-state index is 11.3. The Bertz CT molecular complexity index is 700. The zero-order valence-corrected chi connectivity index (χ0v) is 14.5. The molecule has 0 spiro atoms. The van der Waals surface area contributed by atoms with Crippen LogP contribution in [0.15, 0.2) is 42.7 Å². The molecule has 8 heteroatoms. The van der Waals surface area contributed by atoms with Crippen molar-refractivity contribution < 1.29 is 4.92 Å². The largest absolute Gasteiger partial charge is 0.314 e. The molecule has 0 bridgehead atoms. The van der Waals surface area contributed by atoms with Crippen LogP contribution >= 0.6 is 24.0 Å². The predicted molar refractivity (Wildman–Crippen MR) is 95.6 cm³/mol. The smallest absolute Gasteiger partial charge is 0.275 e. The second kappa shape index (κ2) is 8.39. The Labute approximate surface area is 151 Å². The van der Waals surface area contributed by atoms with Crippen LogP contribution in [-0.4, -0.2) is 34.4 Å². The van der Waals surface area contributed by atoms with E-state index in [1.807, 2.05) is 18.3 Å². The summed E-state index contributed by atoms with van der Waals surface area (Å²) >= 11 is 5.89. The van der Waals surface area contributed by atoms with E-state index in [2.05, 4.69) is 15.2 Å². The number of hydrogen-bond donors (Lipinski definition) is 1. The third-order valence-corrected chi connectivity index (χ3v) is 4.28. The predicted octanol–water partition coefficient (Wildman–Crippen LogP) is 3.21. The highest BCUT2D eigenvalue weighted by Crippen LogP contribution is 2.28. The molecule has 1 fully saturated rings. The lowest BCUT2D eigenvalue weighted by Crippen LogP contribution is -2.45. The summed E-state index contributed by atoms with van der Waals surface area (Å²) in [5.41, 5.74) is 1.85. The lowest BCUT2D eigenvalue weighted by atomic mass is 10.0.